The van der Waals surface area contributed by atoms with Gasteiger partial charge in [-0.2, -0.15) is 0 Å². The third kappa shape index (κ3) is 6.95. The van der Waals surface area contributed by atoms with Crippen LogP contribution < -0.4 is 9.80 Å². The van der Waals surface area contributed by atoms with E-state index in [0.717, 1.165) is 132 Å². The normalized spacial score (nSPS) is 18.5. The van der Waals surface area contributed by atoms with Crippen molar-refractivity contribution in [2.45, 2.75) is 103 Å². The second-order valence-electron chi connectivity index (χ2n) is 15.6. The molecule has 7 rings (SSSR count). The number of phenols is 2. The minimum absolute atomic E-state index is 0.0882. The number of aromatic hydroxyl groups is 2. The van der Waals surface area contributed by atoms with Crippen LogP contribution >= 0.6 is 0 Å². The first-order valence-corrected chi connectivity index (χ1v) is 20.5. The second kappa shape index (κ2) is 16.5. The van der Waals surface area contributed by atoms with Gasteiger partial charge in [0.15, 0.2) is 0 Å². The molecule has 1 saturated carbocycles. The molecule has 0 unspecified atom stereocenters. The lowest BCUT2D eigenvalue weighted by molar-refractivity contribution is -0.0787. The van der Waals surface area contributed by atoms with Crippen LogP contribution in [-0.4, -0.2) is 58.8 Å². The van der Waals surface area contributed by atoms with Gasteiger partial charge in [-0.25, -0.2) is 0 Å². The van der Waals surface area contributed by atoms with Crippen LogP contribution in [0.15, 0.2) is 84.9 Å². The van der Waals surface area contributed by atoms with Crippen molar-refractivity contribution in [3.8, 4) is 11.5 Å². The summed E-state index contributed by atoms with van der Waals surface area (Å²) in [5.74, 6) is -1.31. The number of hydrogen-bond donors (Lipinski definition) is 4. The minimum atomic E-state index is -1.04. The number of rotatable bonds is 16. The number of unbranched alkanes of at least 4 members (excludes halogenated alkanes) is 4. The summed E-state index contributed by atoms with van der Waals surface area (Å²) in [6, 6.07) is 28.9. The predicted molar refractivity (Wildman–Crippen MR) is 228 cm³/mol. The summed E-state index contributed by atoms with van der Waals surface area (Å²) in [7, 11) is 0. The van der Waals surface area contributed by atoms with Gasteiger partial charge in [-0.3, -0.25) is 0 Å². The van der Waals surface area contributed by atoms with Crippen molar-refractivity contribution in [3.05, 3.63) is 96.1 Å². The quantitative estimate of drug-likeness (QED) is 0.0743. The minimum Gasteiger partial charge on any atom is -0.508 e. The maximum Gasteiger partial charge on any atom is 0.121 e. The van der Waals surface area contributed by atoms with E-state index < -0.39 is 24.0 Å². The Bertz CT molecular complexity index is 2070. The van der Waals surface area contributed by atoms with Gasteiger partial charge in [0, 0.05) is 83.4 Å². The number of benzene rings is 6. The van der Waals surface area contributed by atoms with Gasteiger partial charge in [-0.15, -0.1) is 0 Å². The first-order chi connectivity index (χ1) is 26.3. The Morgan fingerprint density at radius 3 is 1.04 bits per heavy atom. The lowest BCUT2D eigenvalue weighted by Gasteiger charge is -2.48. The number of aliphatic hydroxyl groups excluding tert-OH is 2. The second-order valence-corrected chi connectivity index (χ2v) is 15.6. The lowest BCUT2D eigenvalue weighted by atomic mass is 9.61. The van der Waals surface area contributed by atoms with Crippen molar-refractivity contribution in [2.75, 3.05) is 36.0 Å². The highest BCUT2D eigenvalue weighted by molar-refractivity contribution is 6.08. The van der Waals surface area contributed by atoms with Gasteiger partial charge in [0.1, 0.15) is 11.5 Å². The zero-order valence-corrected chi connectivity index (χ0v) is 32.6. The third-order valence-electron chi connectivity index (χ3n) is 11.9. The number of phenolic OH excluding ortho intramolecular Hbond substituents is 2. The molecule has 0 heterocycles. The summed E-state index contributed by atoms with van der Waals surface area (Å²) in [6.45, 7) is 12.4. The van der Waals surface area contributed by atoms with Crippen LogP contribution in [0, 0.1) is 0 Å². The molecule has 0 saturated heterocycles. The van der Waals surface area contributed by atoms with Crippen molar-refractivity contribution in [1.82, 2.24) is 0 Å². The largest absolute Gasteiger partial charge is 0.508 e. The fourth-order valence-corrected chi connectivity index (χ4v) is 8.91. The number of aliphatic hydroxyl groups is 2. The summed E-state index contributed by atoms with van der Waals surface area (Å²) in [5.41, 5.74) is 3.11. The van der Waals surface area contributed by atoms with Crippen molar-refractivity contribution < 1.29 is 20.4 Å². The number of fused-ring (bicyclic) bond motifs is 4. The summed E-state index contributed by atoms with van der Waals surface area (Å²) >= 11 is 0. The van der Waals surface area contributed by atoms with E-state index in [0.29, 0.717) is 11.1 Å². The van der Waals surface area contributed by atoms with E-state index >= 15 is 0 Å². The Labute approximate surface area is 320 Å². The number of anilines is 2. The van der Waals surface area contributed by atoms with Gasteiger partial charge < -0.3 is 30.2 Å². The first kappa shape index (κ1) is 37.8. The molecule has 4 N–H and O–H groups in total. The van der Waals surface area contributed by atoms with Crippen LogP contribution in [-0.2, 0) is 0 Å². The van der Waals surface area contributed by atoms with Gasteiger partial charge in [-0.1, -0.05) is 102 Å². The molecule has 0 spiro atoms. The molecular formula is C48H58N2O4. The van der Waals surface area contributed by atoms with Gasteiger partial charge in [-0.05, 0) is 82.3 Å². The molecule has 6 aromatic rings. The average molecular weight is 727 g/mol. The molecule has 6 aromatic carbocycles. The van der Waals surface area contributed by atoms with Crippen LogP contribution in [0.1, 0.15) is 102 Å². The van der Waals surface area contributed by atoms with Gasteiger partial charge >= 0.3 is 0 Å². The van der Waals surface area contributed by atoms with Gasteiger partial charge in [0.2, 0.25) is 0 Å². The fourth-order valence-electron chi connectivity index (χ4n) is 8.91. The van der Waals surface area contributed by atoms with Crippen molar-refractivity contribution in [2.24, 2.45) is 0 Å². The molecule has 0 amide bonds. The smallest absolute Gasteiger partial charge is 0.121 e. The van der Waals surface area contributed by atoms with Crippen LogP contribution in [0.4, 0.5) is 11.4 Å². The fraction of sp³-hybridized carbons (Fsp3) is 0.417. The first-order valence-electron chi connectivity index (χ1n) is 20.5. The standard InChI is InChI=1S/C48H58N2O4/c1-5-9-21-49(22-10-6-2)39-29-41(51)43(37-27-33-19-15-13-17-31(33)25-35(37)39)45-47(53)46(48(45)54)44-38-28-34-20-16-14-18-32(34)26-36(38)40(30-42(44)52)50(23-11-7-3)24-12-8-4/h13-20,25-30,45-48,51-54H,5-12,21-24H2,1-4H3. The van der Waals surface area contributed by atoms with Crippen LogP contribution in [0.5, 0.6) is 11.5 Å². The van der Waals surface area contributed by atoms with Crippen molar-refractivity contribution in [3.63, 3.8) is 0 Å². The zero-order valence-electron chi connectivity index (χ0n) is 32.6. The van der Waals surface area contributed by atoms with Gasteiger partial charge in [0.05, 0.1) is 12.2 Å². The molecule has 0 atom stereocenters. The molecule has 0 aliphatic heterocycles. The average Bonchev–Trinajstić information content (AvgIpc) is 3.18. The van der Waals surface area contributed by atoms with E-state index in [4.69, 9.17) is 0 Å². The number of hydrogen-bond acceptors (Lipinski definition) is 6. The van der Waals surface area contributed by atoms with Crippen LogP contribution in [0.25, 0.3) is 43.1 Å². The highest BCUT2D eigenvalue weighted by atomic mass is 16.3. The SMILES string of the molecule is CCCCN(CCCC)c1cc(O)c(C2C(O)C(c3c(O)cc(N(CCCC)CCCC)c4cc5ccccc5cc34)C2O)c2cc3ccccc3cc12. The Morgan fingerprint density at radius 2 is 0.741 bits per heavy atom. The molecule has 0 bridgehead atoms. The van der Waals surface area contributed by atoms with E-state index in [1.807, 2.05) is 36.4 Å². The molecule has 1 aliphatic carbocycles. The van der Waals surface area contributed by atoms with E-state index in [9.17, 15) is 20.4 Å². The highest BCUT2D eigenvalue weighted by Crippen LogP contribution is 2.57. The predicted octanol–water partition coefficient (Wildman–Crippen LogP) is 11.1. The monoisotopic (exact) mass is 726 g/mol. The summed E-state index contributed by atoms with van der Waals surface area (Å²) in [6.07, 6.45) is 6.40. The maximum absolute atomic E-state index is 12.3. The molecule has 284 valence electrons. The summed E-state index contributed by atoms with van der Waals surface area (Å²) in [5, 5.41) is 56.5. The molecular weight excluding hydrogens is 669 g/mol. The van der Waals surface area contributed by atoms with Crippen LogP contribution in [0.3, 0.4) is 0 Å². The van der Waals surface area contributed by atoms with E-state index in [-0.39, 0.29) is 11.5 Å². The maximum atomic E-state index is 12.3. The number of nitrogens with zero attached hydrogens (tertiary/aromatic N) is 2. The molecule has 6 nitrogen and oxygen atoms in total. The van der Waals surface area contributed by atoms with Crippen LogP contribution in [0.2, 0.25) is 0 Å². The highest BCUT2D eigenvalue weighted by Gasteiger charge is 2.53. The molecule has 1 aliphatic rings. The Morgan fingerprint density at radius 1 is 0.444 bits per heavy atom. The Kier molecular flexibility index (Phi) is 11.5. The molecule has 0 aromatic heterocycles. The van der Waals surface area contributed by atoms with E-state index in [1.54, 1.807) is 0 Å². The Balaban J connectivity index is 1.37. The van der Waals surface area contributed by atoms with E-state index in [2.05, 4.69) is 86.0 Å². The molecule has 1 fully saturated rings. The van der Waals surface area contributed by atoms with Crippen molar-refractivity contribution in [1.29, 1.82) is 0 Å². The Hall–Kier alpha value is -4.52. The molecule has 6 heteroatoms. The molecule has 0 radical (unpaired) electrons. The summed E-state index contributed by atoms with van der Waals surface area (Å²) in [4.78, 5) is 4.79. The summed E-state index contributed by atoms with van der Waals surface area (Å²) < 4.78 is 0. The van der Waals surface area contributed by atoms with Gasteiger partial charge in [0.25, 0.3) is 0 Å². The van der Waals surface area contributed by atoms with E-state index in [1.165, 1.54) is 0 Å². The topological polar surface area (TPSA) is 87.4 Å². The zero-order chi connectivity index (χ0) is 37.9. The third-order valence-corrected chi connectivity index (χ3v) is 11.9. The lowest BCUT2D eigenvalue weighted by Crippen LogP contribution is -2.51. The molecule has 54 heavy (non-hydrogen) atoms. The van der Waals surface area contributed by atoms with Crippen molar-refractivity contribution >= 4 is 54.5 Å².